The van der Waals surface area contributed by atoms with Gasteiger partial charge in [-0.1, -0.05) is 6.07 Å². The van der Waals surface area contributed by atoms with Crippen LogP contribution in [-0.2, 0) is 16.4 Å². The van der Waals surface area contributed by atoms with Crippen molar-refractivity contribution in [1.29, 1.82) is 0 Å². The van der Waals surface area contributed by atoms with Crippen molar-refractivity contribution in [1.82, 2.24) is 5.32 Å². The summed E-state index contributed by atoms with van der Waals surface area (Å²) < 4.78 is 33.7. The van der Waals surface area contributed by atoms with Crippen LogP contribution in [0, 0.1) is 0 Å². The molecule has 2 aliphatic heterocycles. The molecule has 1 unspecified atom stereocenters. The number of hydrogen-bond donors (Lipinski definition) is 1. The molecular weight excluding hydrogens is 266 g/mol. The number of fused-ring (bicyclic) bond motifs is 1. The summed E-state index contributed by atoms with van der Waals surface area (Å²) in [5.74, 6) is 2.09. The molecule has 1 fully saturated rings. The minimum Gasteiger partial charge on any atom is -0.486 e. The second-order valence-corrected chi connectivity index (χ2v) is 7.19. The monoisotopic (exact) mass is 283 g/mol. The molecule has 1 aromatic carbocycles. The van der Waals surface area contributed by atoms with Crippen molar-refractivity contribution in [2.45, 2.75) is 19.0 Å². The van der Waals surface area contributed by atoms with Gasteiger partial charge in [0.05, 0.1) is 11.5 Å². The Morgan fingerprint density at radius 1 is 1.21 bits per heavy atom. The van der Waals surface area contributed by atoms with Gasteiger partial charge in [-0.15, -0.1) is 0 Å². The lowest BCUT2D eigenvalue weighted by Crippen LogP contribution is -2.29. The van der Waals surface area contributed by atoms with E-state index in [9.17, 15) is 8.42 Å². The summed E-state index contributed by atoms with van der Waals surface area (Å²) in [6, 6.07) is 5.89. The van der Waals surface area contributed by atoms with Gasteiger partial charge in [0.25, 0.3) is 0 Å². The summed E-state index contributed by atoms with van der Waals surface area (Å²) in [7, 11) is -2.82. The predicted molar refractivity (Wildman–Crippen MR) is 71.3 cm³/mol. The molecule has 3 rings (SSSR count). The van der Waals surface area contributed by atoms with E-state index in [1.807, 2.05) is 18.2 Å². The van der Waals surface area contributed by atoms with Crippen LogP contribution in [0.5, 0.6) is 11.5 Å². The number of hydrogen-bond acceptors (Lipinski definition) is 5. The van der Waals surface area contributed by atoms with E-state index < -0.39 is 9.84 Å². The minimum atomic E-state index is -2.82. The molecule has 5 nitrogen and oxygen atoms in total. The Labute approximate surface area is 112 Å². The summed E-state index contributed by atoms with van der Waals surface area (Å²) in [6.07, 6.45) is 0.701. The maximum Gasteiger partial charge on any atom is 0.161 e. The van der Waals surface area contributed by atoms with E-state index >= 15 is 0 Å². The Hall–Kier alpha value is -1.27. The molecule has 0 saturated carbocycles. The quantitative estimate of drug-likeness (QED) is 0.886. The fourth-order valence-electron chi connectivity index (χ4n) is 2.42. The lowest BCUT2D eigenvalue weighted by Gasteiger charge is -2.19. The Kier molecular flexibility index (Phi) is 3.36. The molecule has 0 aliphatic carbocycles. The summed E-state index contributed by atoms with van der Waals surface area (Å²) in [5.41, 5.74) is 1.08. The van der Waals surface area contributed by atoms with E-state index in [1.54, 1.807) is 0 Å². The molecule has 104 valence electrons. The molecule has 2 heterocycles. The zero-order valence-corrected chi connectivity index (χ0v) is 11.4. The van der Waals surface area contributed by atoms with Crippen molar-refractivity contribution in [3.63, 3.8) is 0 Å². The molecule has 0 aromatic heterocycles. The molecule has 6 heteroatoms. The van der Waals surface area contributed by atoms with Crippen LogP contribution in [0.2, 0.25) is 0 Å². The molecule has 1 N–H and O–H groups in total. The molecule has 0 radical (unpaired) electrons. The van der Waals surface area contributed by atoms with Crippen molar-refractivity contribution in [2.75, 3.05) is 24.7 Å². The van der Waals surface area contributed by atoms with Crippen LogP contribution in [0.1, 0.15) is 12.0 Å². The first-order chi connectivity index (χ1) is 9.12. The minimum absolute atomic E-state index is 0.0678. The third kappa shape index (κ3) is 3.01. The Bertz CT molecular complexity index is 570. The van der Waals surface area contributed by atoms with Crippen LogP contribution in [-0.4, -0.2) is 39.2 Å². The Morgan fingerprint density at radius 3 is 2.74 bits per heavy atom. The molecule has 2 aliphatic rings. The number of sulfone groups is 1. The normalized spacial score (nSPS) is 24.3. The summed E-state index contributed by atoms with van der Waals surface area (Å²) in [5, 5.41) is 3.28. The summed E-state index contributed by atoms with van der Waals surface area (Å²) >= 11 is 0. The standard InChI is InChI=1S/C13H17NO4S/c15-19(16)6-3-11(9-19)14-8-10-1-2-12-13(7-10)18-5-4-17-12/h1-2,7,11,14H,3-6,8-9H2. The smallest absolute Gasteiger partial charge is 0.161 e. The van der Waals surface area contributed by atoms with Crippen LogP contribution < -0.4 is 14.8 Å². The average molecular weight is 283 g/mol. The van der Waals surface area contributed by atoms with Gasteiger partial charge in [-0.3, -0.25) is 0 Å². The van der Waals surface area contributed by atoms with Gasteiger partial charge in [0.1, 0.15) is 13.2 Å². The predicted octanol–water partition coefficient (Wildman–Crippen LogP) is 0.734. The number of nitrogens with one attached hydrogen (secondary N) is 1. The van der Waals surface area contributed by atoms with Gasteiger partial charge in [0.2, 0.25) is 0 Å². The highest BCUT2D eigenvalue weighted by Gasteiger charge is 2.27. The summed E-state index contributed by atoms with van der Waals surface area (Å²) in [4.78, 5) is 0. The molecule has 1 saturated heterocycles. The van der Waals surface area contributed by atoms with Gasteiger partial charge < -0.3 is 14.8 Å². The molecule has 1 atom stereocenters. The Balaban J connectivity index is 1.61. The first-order valence-electron chi connectivity index (χ1n) is 6.45. The molecular formula is C13H17NO4S. The van der Waals surface area contributed by atoms with Crippen molar-refractivity contribution < 1.29 is 17.9 Å². The largest absolute Gasteiger partial charge is 0.486 e. The first kappa shape index (κ1) is 12.7. The van der Waals surface area contributed by atoms with Crippen LogP contribution in [0.25, 0.3) is 0 Å². The number of rotatable bonds is 3. The van der Waals surface area contributed by atoms with Gasteiger partial charge in [0, 0.05) is 12.6 Å². The number of ether oxygens (including phenoxy) is 2. The zero-order chi connectivity index (χ0) is 13.3. The lowest BCUT2D eigenvalue weighted by atomic mass is 10.1. The highest BCUT2D eigenvalue weighted by atomic mass is 32.2. The molecule has 19 heavy (non-hydrogen) atoms. The van der Waals surface area contributed by atoms with Crippen LogP contribution >= 0.6 is 0 Å². The van der Waals surface area contributed by atoms with E-state index in [0.29, 0.717) is 31.9 Å². The highest BCUT2D eigenvalue weighted by molar-refractivity contribution is 7.91. The lowest BCUT2D eigenvalue weighted by molar-refractivity contribution is 0.171. The van der Waals surface area contributed by atoms with Crippen LogP contribution in [0.3, 0.4) is 0 Å². The van der Waals surface area contributed by atoms with Gasteiger partial charge in [0.15, 0.2) is 21.3 Å². The SMILES string of the molecule is O=S1(=O)CCC(NCc2ccc3c(c2)OCCO3)C1. The Morgan fingerprint density at radius 2 is 2.00 bits per heavy atom. The third-order valence-corrected chi connectivity index (χ3v) is 5.20. The van der Waals surface area contributed by atoms with Crippen molar-refractivity contribution in [3.8, 4) is 11.5 Å². The second-order valence-electron chi connectivity index (χ2n) is 4.96. The van der Waals surface area contributed by atoms with Crippen molar-refractivity contribution >= 4 is 9.84 Å². The van der Waals surface area contributed by atoms with Gasteiger partial charge >= 0.3 is 0 Å². The van der Waals surface area contributed by atoms with Gasteiger partial charge in [-0.25, -0.2) is 8.42 Å². The first-order valence-corrected chi connectivity index (χ1v) is 8.27. The third-order valence-electron chi connectivity index (χ3n) is 3.43. The van der Waals surface area contributed by atoms with E-state index in [-0.39, 0.29) is 11.8 Å². The topological polar surface area (TPSA) is 64.6 Å². The van der Waals surface area contributed by atoms with Crippen LogP contribution in [0.4, 0.5) is 0 Å². The zero-order valence-electron chi connectivity index (χ0n) is 10.6. The fraction of sp³-hybridized carbons (Fsp3) is 0.538. The van der Waals surface area contributed by atoms with E-state index in [2.05, 4.69) is 5.32 Å². The highest BCUT2D eigenvalue weighted by Crippen LogP contribution is 2.30. The second kappa shape index (κ2) is 5.02. The molecule has 0 spiro atoms. The van der Waals surface area contributed by atoms with E-state index in [1.165, 1.54) is 0 Å². The maximum atomic E-state index is 11.4. The van der Waals surface area contributed by atoms with E-state index in [0.717, 1.165) is 17.1 Å². The fourth-order valence-corrected chi connectivity index (χ4v) is 4.12. The molecule has 0 bridgehead atoms. The number of benzene rings is 1. The van der Waals surface area contributed by atoms with Crippen molar-refractivity contribution in [2.24, 2.45) is 0 Å². The van der Waals surface area contributed by atoms with E-state index in [4.69, 9.17) is 9.47 Å². The van der Waals surface area contributed by atoms with Gasteiger partial charge in [-0.05, 0) is 24.1 Å². The average Bonchev–Trinajstić information content (AvgIpc) is 2.76. The summed E-state index contributed by atoms with van der Waals surface area (Å²) in [6.45, 7) is 1.81. The molecule has 1 aromatic rings. The van der Waals surface area contributed by atoms with Crippen LogP contribution in [0.15, 0.2) is 18.2 Å². The van der Waals surface area contributed by atoms with Gasteiger partial charge in [-0.2, -0.15) is 0 Å². The maximum absolute atomic E-state index is 11.4. The molecule has 0 amide bonds. The van der Waals surface area contributed by atoms with Crippen molar-refractivity contribution in [3.05, 3.63) is 23.8 Å².